The second-order valence-electron chi connectivity index (χ2n) is 3.85. The summed E-state index contributed by atoms with van der Waals surface area (Å²) in [7, 11) is 3.12. The van der Waals surface area contributed by atoms with Gasteiger partial charge in [0, 0.05) is 27.2 Å². The molecule has 0 aliphatic rings. The highest BCUT2D eigenvalue weighted by Gasteiger charge is 2.17. The van der Waals surface area contributed by atoms with Crippen molar-refractivity contribution < 1.29 is 19.4 Å². The minimum absolute atomic E-state index is 0.0609. The van der Waals surface area contributed by atoms with Crippen LogP contribution in [0.5, 0.6) is 0 Å². The Balaban J connectivity index is 3.95. The fraction of sp³-hybridized carbons (Fsp3) is 0.800. The first kappa shape index (κ1) is 14.7. The summed E-state index contributed by atoms with van der Waals surface area (Å²) in [6.45, 7) is 3.98. The Bertz CT molecular complexity index is 245. The zero-order chi connectivity index (χ0) is 12.7. The van der Waals surface area contributed by atoms with E-state index >= 15 is 0 Å². The molecule has 0 aliphatic heterocycles. The molecule has 0 radical (unpaired) electrons. The molecule has 0 aromatic heterocycles. The van der Waals surface area contributed by atoms with Crippen LogP contribution >= 0.6 is 0 Å². The fourth-order valence-electron chi connectivity index (χ4n) is 1.02. The van der Waals surface area contributed by atoms with Gasteiger partial charge in [0.1, 0.15) is 0 Å². The highest BCUT2D eigenvalue weighted by atomic mass is 16.5. The molecule has 6 nitrogen and oxygen atoms in total. The van der Waals surface area contributed by atoms with Crippen molar-refractivity contribution in [1.29, 1.82) is 0 Å². The van der Waals surface area contributed by atoms with Gasteiger partial charge in [-0.1, -0.05) is 6.92 Å². The molecule has 0 bridgehead atoms. The molecule has 0 spiro atoms. The van der Waals surface area contributed by atoms with Gasteiger partial charge >= 0.3 is 12.0 Å². The molecule has 2 N–H and O–H groups in total. The van der Waals surface area contributed by atoms with Crippen LogP contribution in [0.3, 0.4) is 0 Å². The van der Waals surface area contributed by atoms with Crippen LogP contribution in [0.1, 0.15) is 13.8 Å². The van der Waals surface area contributed by atoms with Crippen molar-refractivity contribution in [3.8, 4) is 0 Å². The molecule has 2 unspecified atom stereocenters. The smallest absolute Gasteiger partial charge is 0.317 e. The van der Waals surface area contributed by atoms with E-state index in [1.165, 1.54) is 4.90 Å². The number of nitrogens with zero attached hydrogens (tertiary/aromatic N) is 1. The molecule has 94 valence electrons. The largest absolute Gasteiger partial charge is 0.481 e. The average molecular weight is 232 g/mol. The van der Waals surface area contributed by atoms with E-state index in [0.717, 1.165) is 0 Å². The van der Waals surface area contributed by atoms with Crippen LogP contribution in [0.25, 0.3) is 0 Å². The highest BCUT2D eigenvalue weighted by molar-refractivity contribution is 5.75. The van der Waals surface area contributed by atoms with Gasteiger partial charge in [0.05, 0.1) is 12.0 Å². The van der Waals surface area contributed by atoms with E-state index in [1.54, 1.807) is 21.1 Å². The average Bonchev–Trinajstić information content (AvgIpc) is 2.24. The summed E-state index contributed by atoms with van der Waals surface area (Å²) >= 11 is 0. The predicted octanol–water partition coefficient (Wildman–Crippen LogP) is 0.383. The number of hydrogen-bond donors (Lipinski definition) is 2. The first-order valence-electron chi connectivity index (χ1n) is 5.13. The van der Waals surface area contributed by atoms with E-state index in [2.05, 4.69) is 5.32 Å². The van der Waals surface area contributed by atoms with Crippen LogP contribution in [0.15, 0.2) is 0 Å². The van der Waals surface area contributed by atoms with Gasteiger partial charge < -0.3 is 20.1 Å². The number of carboxylic acids is 1. The Kier molecular flexibility index (Phi) is 6.48. The van der Waals surface area contributed by atoms with Crippen molar-refractivity contribution in [1.82, 2.24) is 10.2 Å². The number of urea groups is 1. The third-order valence-corrected chi connectivity index (χ3v) is 2.26. The first-order chi connectivity index (χ1) is 7.38. The molecule has 2 amide bonds. The standard InChI is InChI=1S/C10H20N2O4/c1-7(9(13)14)6-12(3)10(15)11-5-8(2)16-4/h7-8H,5-6H2,1-4H3,(H,11,15)(H,13,14). The van der Waals surface area contributed by atoms with Crippen LogP contribution in [-0.4, -0.2) is 55.4 Å². The van der Waals surface area contributed by atoms with Gasteiger partial charge in [-0.3, -0.25) is 4.79 Å². The van der Waals surface area contributed by atoms with Gasteiger partial charge in [-0.25, -0.2) is 4.79 Å². The fourth-order valence-corrected chi connectivity index (χ4v) is 1.02. The lowest BCUT2D eigenvalue weighted by atomic mass is 10.2. The van der Waals surface area contributed by atoms with Crippen molar-refractivity contribution in [2.24, 2.45) is 5.92 Å². The lowest BCUT2D eigenvalue weighted by molar-refractivity contribution is -0.141. The van der Waals surface area contributed by atoms with Crippen molar-refractivity contribution >= 4 is 12.0 Å². The van der Waals surface area contributed by atoms with Gasteiger partial charge in [-0.2, -0.15) is 0 Å². The number of carbonyl (C=O) groups excluding carboxylic acids is 1. The molecule has 0 aromatic rings. The highest BCUT2D eigenvalue weighted by Crippen LogP contribution is 1.98. The van der Waals surface area contributed by atoms with Gasteiger partial charge in [-0.05, 0) is 6.92 Å². The predicted molar refractivity (Wildman–Crippen MR) is 59.3 cm³/mol. The number of amides is 2. The Hall–Kier alpha value is -1.30. The third kappa shape index (κ3) is 5.55. The molecule has 6 heteroatoms. The topological polar surface area (TPSA) is 78.9 Å². The Morgan fingerprint density at radius 3 is 2.44 bits per heavy atom. The SMILES string of the molecule is COC(C)CNC(=O)N(C)CC(C)C(=O)O. The number of rotatable bonds is 6. The van der Waals surface area contributed by atoms with Crippen LogP contribution < -0.4 is 5.32 Å². The van der Waals surface area contributed by atoms with Crippen LogP contribution in [0.4, 0.5) is 4.79 Å². The Morgan fingerprint density at radius 1 is 1.44 bits per heavy atom. The zero-order valence-corrected chi connectivity index (χ0v) is 10.2. The molecule has 2 atom stereocenters. The number of carboxylic acid groups (broad SMARTS) is 1. The monoisotopic (exact) mass is 232 g/mol. The van der Waals surface area contributed by atoms with Gasteiger partial charge in [0.2, 0.25) is 0 Å². The molecule has 0 fully saturated rings. The lowest BCUT2D eigenvalue weighted by Gasteiger charge is -2.21. The number of carbonyl (C=O) groups is 2. The second-order valence-corrected chi connectivity index (χ2v) is 3.85. The molecular formula is C10H20N2O4. The second kappa shape index (κ2) is 7.05. The first-order valence-corrected chi connectivity index (χ1v) is 5.13. The van der Waals surface area contributed by atoms with Crippen LogP contribution in [0, 0.1) is 5.92 Å². The summed E-state index contributed by atoms with van der Waals surface area (Å²) in [4.78, 5) is 23.4. The molecule has 0 rings (SSSR count). The maximum atomic E-state index is 11.5. The van der Waals surface area contributed by atoms with E-state index in [4.69, 9.17) is 9.84 Å². The van der Waals surface area contributed by atoms with Crippen molar-refractivity contribution in [2.75, 3.05) is 27.2 Å². The van der Waals surface area contributed by atoms with Gasteiger partial charge in [-0.15, -0.1) is 0 Å². The van der Waals surface area contributed by atoms with E-state index in [0.29, 0.717) is 6.54 Å². The maximum Gasteiger partial charge on any atom is 0.317 e. The zero-order valence-electron chi connectivity index (χ0n) is 10.2. The molecule has 0 aliphatic carbocycles. The number of methoxy groups -OCH3 is 1. The molecule has 0 saturated heterocycles. The van der Waals surface area contributed by atoms with Crippen LogP contribution in [-0.2, 0) is 9.53 Å². The normalized spacial score (nSPS) is 14.0. The molecule has 0 heterocycles. The van der Waals surface area contributed by atoms with E-state index in [1.807, 2.05) is 6.92 Å². The van der Waals surface area contributed by atoms with E-state index in [9.17, 15) is 9.59 Å². The summed E-state index contributed by atoms with van der Waals surface area (Å²) in [6, 6.07) is -0.294. The maximum absolute atomic E-state index is 11.5. The molecule has 16 heavy (non-hydrogen) atoms. The Labute approximate surface area is 95.6 Å². The minimum atomic E-state index is -0.912. The third-order valence-electron chi connectivity index (χ3n) is 2.26. The summed E-state index contributed by atoms with van der Waals surface area (Å²) < 4.78 is 4.97. The van der Waals surface area contributed by atoms with E-state index in [-0.39, 0.29) is 18.7 Å². The number of hydrogen-bond acceptors (Lipinski definition) is 3. The number of aliphatic carboxylic acids is 1. The molecular weight excluding hydrogens is 212 g/mol. The van der Waals surface area contributed by atoms with Gasteiger partial charge in [0.25, 0.3) is 0 Å². The Morgan fingerprint density at radius 2 is 2.00 bits per heavy atom. The lowest BCUT2D eigenvalue weighted by Crippen LogP contribution is -2.43. The quantitative estimate of drug-likeness (QED) is 0.694. The number of ether oxygens (including phenoxy) is 1. The van der Waals surface area contributed by atoms with Crippen LogP contribution in [0.2, 0.25) is 0 Å². The van der Waals surface area contributed by atoms with E-state index < -0.39 is 11.9 Å². The number of nitrogens with one attached hydrogen (secondary N) is 1. The minimum Gasteiger partial charge on any atom is -0.481 e. The molecule has 0 aromatic carbocycles. The van der Waals surface area contributed by atoms with Crippen molar-refractivity contribution in [3.05, 3.63) is 0 Å². The van der Waals surface area contributed by atoms with Gasteiger partial charge in [0.15, 0.2) is 0 Å². The summed E-state index contributed by atoms with van der Waals surface area (Å²) in [5, 5.41) is 11.3. The van der Waals surface area contributed by atoms with Crippen molar-refractivity contribution in [2.45, 2.75) is 20.0 Å². The molecule has 0 saturated carbocycles. The summed E-state index contributed by atoms with van der Waals surface area (Å²) in [6.07, 6.45) is -0.0609. The summed E-state index contributed by atoms with van der Waals surface area (Å²) in [5.41, 5.74) is 0. The van der Waals surface area contributed by atoms with Crippen molar-refractivity contribution in [3.63, 3.8) is 0 Å². The summed E-state index contributed by atoms with van der Waals surface area (Å²) in [5.74, 6) is -1.49.